The molecule has 1 N–H and O–H groups in total. The van der Waals surface area contributed by atoms with Crippen LogP contribution in [0.2, 0.25) is 0 Å². The van der Waals surface area contributed by atoms with Crippen LogP contribution in [0, 0.1) is 10.1 Å². The molecule has 148 valence electrons. The van der Waals surface area contributed by atoms with Crippen molar-refractivity contribution >= 4 is 35.0 Å². The van der Waals surface area contributed by atoms with E-state index < -0.39 is 23.4 Å². The van der Waals surface area contributed by atoms with Gasteiger partial charge in [0.1, 0.15) is 17.1 Å². The lowest BCUT2D eigenvalue weighted by molar-refractivity contribution is -0.384. The second kappa shape index (κ2) is 9.60. The number of nitrogens with one attached hydrogen (secondary N) is 1. The summed E-state index contributed by atoms with van der Waals surface area (Å²) in [7, 11) is 2.79. The smallest absolute Gasteiger partial charge is 0.342 e. The molecule has 0 aliphatic rings. The second-order valence-electron chi connectivity index (χ2n) is 5.33. The van der Waals surface area contributed by atoms with Crippen LogP contribution >= 0.6 is 11.8 Å². The Morgan fingerprint density at radius 3 is 2.43 bits per heavy atom. The van der Waals surface area contributed by atoms with Crippen molar-refractivity contribution in [2.24, 2.45) is 0 Å². The Kier molecular flexibility index (Phi) is 7.21. The first-order valence-electron chi connectivity index (χ1n) is 7.91. The highest BCUT2D eigenvalue weighted by Gasteiger charge is 2.18. The largest absolute Gasteiger partial charge is 0.496 e. The van der Waals surface area contributed by atoms with Crippen LogP contribution in [-0.2, 0) is 9.53 Å². The summed E-state index contributed by atoms with van der Waals surface area (Å²) in [6, 6.07) is 8.74. The van der Waals surface area contributed by atoms with E-state index in [-0.39, 0.29) is 22.7 Å². The lowest BCUT2D eigenvalue weighted by Crippen LogP contribution is -2.21. The average molecular weight is 406 g/mol. The molecule has 0 spiro atoms. The normalized spacial score (nSPS) is 10.1. The fourth-order valence-corrected chi connectivity index (χ4v) is 2.70. The summed E-state index contributed by atoms with van der Waals surface area (Å²) in [5.41, 5.74) is 0.0624. The summed E-state index contributed by atoms with van der Waals surface area (Å²) in [5.74, 6) is -0.838. The number of amides is 1. The van der Waals surface area contributed by atoms with Gasteiger partial charge in [0.05, 0.1) is 24.8 Å². The summed E-state index contributed by atoms with van der Waals surface area (Å²) < 4.78 is 15.3. The number of carbonyl (C=O) groups is 2. The third kappa shape index (κ3) is 5.13. The molecule has 28 heavy (non-hydrogen) atoms. The van der Waals surface area contributed by atoms with Crippen LogP contribution < -0.4 is 14.8 Å². The van der Waals surface area contributed by atoms with Gasteiger partial charge in [-0.2, -0.15) is 0 Å². The maximum absolute atomic E-state index is 12.2. The number of non-ortho nitro benzene ring substituents is 1. The predicted molar refractivity (Wildman–Crippen MR) is 103 cm³/mol. The molecule has 2 rings (SSSR count). The van der Waals surface area contributed by atoms with Gasteiger partial charge in [-0.1, -0.05) is 0 Å². The molecule has 0 saturated carbocycles. The van der Waals surface area contributed by atoms with Gasteiger partial charge in [0, 0.05) is 17.0 Å². The minimum Gasteiger partial charge on any atom is -0.496 e. The lowest BCUT2D eigenvalue weighted by atomic mass is 10.2. The molecular weight excluding hydrogens is 388 g/mol. The average Bonchev–Trinajstić information content (AvgIpc) is 2.71. The van der Waals surface area contributed by atoms with Gasteiger partial charge < -0.3 is 19.5 Å². The van der Waals surface area contributed by atoms with Crippen molar-refractivity contribution in [3.05, 3.63) is 52.1 Å². The molecule has 1 amide bonds. The first-order valence-corrected chi connectivity index (χ1v) is 9.13. The van der Waals surface area contributed by atoms with Crippen molar-refractivity contribution in [2.45, 2.75) is 4.90 Å². The number of hydrogen-bond donors (Lipinski definition) is 1. The number of nitro groups is 1. The Morgan fingerprint density at radius 2 is 1.82 bits per heavy atom. The zero-order valence-electron chi connectivity index (χ0n) is 15.4. The van der Waals surface area contributed by atoms with Gasteiger partial charge in [0.15, 0.2) is 6.61 Å². The highest BCUT2D eigenvalue weighted by atomic mass is 32.2. The fourth-order valence-electron chi connectivity index (χ4n) is 2.27. The van der Waals surface area contributed by atoms with Crippen LogP contribution in [-0.4, -0.2) is 43.9 Å². The molecule has 0 aliphatic carbocycles. The molecule has 0 saturated heterocycles. The van der Waals surface area contributed by atoms with E-state index in [1.807, 2.05) is 6.26 Å². The Morgan fingerprint density at radius 1 is 1.11 bits per heavy atom. The van der Waals surface area contributed by atoms with E-state index in [4.69, 9.17) is 14.2 Å². The van der Waals surface area contributed by atoms with E-state index in [0.717, 1.165) is 11.0 Å². The zero-order valence-corrected chi connectivity index (χ0v) is 16.2. The number of anilines is 1. The van der Waals surface area contributed by atoms with E-state index in [9.17, 15) is 19.7 Å². The standard InChI is InChI=1S/C18H18N2O7S/c1-25-15-7-4-11(20(23)24)8-14(15)19-17(21)10-27-18(22)13-6-5-12(28-3)9-16(13)26-2/h4-9H,10H2,1-3H3,(H,19,21). The van der Waals surface area contributed by atoms with Crippen LogP contribution in [0.1, 0.15) is 10.4 Å². The quantitative estimate of drug-likeness (QED) is 0.308. The van der Waals surface area contributed by atoms with Crippen LogP contribution in [0.15, 0.2) is 41.3 Å². The lowest BCUT2D eigenvalue weighted by Gasteiger charge is -2.11. The van der Waals surface area contributed by atoms with Gasteiger partial charge in [0.25, 0.3) is 11.6 Å². The number of carbonyl (C=O) groups excluding carboxylic acids is 2. The number of hydrogen-bond acceptors (Lipinski definition) is 8. The number of thioether (sulfide) groups is 1. The SMILES string of the molecule is COc1ccc([N+](=O)[O-])cc1NC(=O)COC(=O)c1ccc(SC)cc1OC. The molecular formula is C18H18N2O7S. The molecule has 2 aromatic rings. The number of ether oxygens (including phenoxy) is 3. The highest BCUT2D eigenvalue weighted by molar-refractivity contribution is 7.98. The molecule has 0 unspecified atom stereocenters. The Bertz CT molecular complexity index is 901. The molecule has 0 heterocycles. The predicted octanol–water partition coefficient (Wildman–Crippen LogP) is 3.13. The Labute approximate surface area is 165 Å². The number of rotatable bonds is 8. The third-order valence-corrected chi connectivity index (χ3v) is 4.36. The summed E-state index contributed by atoms with van der Waals surface area (Å²) in [6.07, 6.45) is 1.89. The number of nitrogens with zero attached hydrogens (tertiary/aromatic N) is 1. The molecule has 10 heteroatoms. The van der Waals surface area contributed by atoms with Gasteiger partial charge in [-0.15, -0.1) is 11.8 Å². The van der Waals surface area contributed by atoms with E-state index in [0.29, 0.717) is 5.75 Å². The highest BCUT2D eigenvalue weighted by Crippen LogP contribution is 2.29. The summed E-state index contributed by atoms with van der Waals surface area (Å²) in [4.78, 5) is 35.5. The number of methoxy groups -OCH3 is 2. The molecule has 0 radical (unpaired) electrons. The first kappa shape index (κ1) is 21.0. The second-order valence-corrected chi connectivity index (χ2v) is 6.21. The topological polar surface area (TPSA) is 117 Å². The van der Waals surface area contributed by atoms with Gasteiger partial charge in [-0.25, -0.2) is 4.79 Å². The van der Waals surface area contributed by atoms with E-state index >= 15 is 0 Å². The van der Waals surface area contributed by atoms with Gasteiger partial charge >= 0.3 is 5.97 Å². The zero-order chi connectivity index (χ0) is 20.7. The van der Waals surface area contributed by atoms with Crippen LogP contribution in [0.25, 0.3) is 0 Å². The van der Waals surface area contributed by atoms with Gasteiger partial charge in [-0.3, -0.25) is 14.9 Å². The molecule has 0 atom stereocenters. The van der Waals surface area contributed by atoms with Gasteiger partial charge in [0.2, 0.25) is 0 Å². The van der Waals surface area contributed by atoms with Crippen LogP contribution in [0.4, 0.5) is 11.4 Å². The molecule has 2 aromatic carbocycles. The summed E-state index contributed by atoms with van der Waals surface area (Å²) in [5, 5.41) is 13.3. The number of esters is 1. The summed E-state index contributed by atoms with van der Waals surface area (Å²) in [6.45, 7) is -0.585. The van der Waals surface area contributed by atoms with Gasteiger partial charge in [-0.05, 0) is 30.5 Å². The van der Waals surface area contributed by atoms with Crippen molar-refractivity contribution in [1.82, 2.24) is 0 Å². The fraction of sp³-hybridized carbons (Fsp3) is 0.222. The molecule has 0 aliphatic heterocycles. The monoisotopic (exact) mass is 406 g/mol. The van der Waals surface area contributed by atoms with Crippen molar-refractivity contribution in [1.29, 1.82) is 0 Å². The van der Waals surface area contributed by atoms with E-state index in [1.165, 1.54) is 38.1 Å². The maximum atomic E-state index is 12.2. The van der Waals surface area contributed by atoms with Crippen molar-refractivity contribution in [2.75, 3.05) is 32.4 Å². The number of nitro benzene ring substituents is 1. The molecule has 0 aromatic heterocycles. The minimum absolute atomic E-state index is 0.0969. The number of benzene rings is 2. The van der Waals surface area contributed by atoms with Crippen molar-refractivity contribution < 1.29 is 28.7 Å². The third-order valence-electron chi connectivity index (χ3n) is 3.63. The summed E-state index contributed by atoms with van der Waals surface area (Å²) >= 11 is 1.49. The first-order chi connectivity index (χ1) is 13.4. The molecule has 0 bridgehead atoms. The molecule has 0 fully saturated rings. The Hall–Kier alpha value is -3.27. The minimum atomic E-state index is -0.731. The van der Waals surface area contributed by atoms with Crippen LogP contribution in [0.3, 0.4) is 0 Å². The Balaban J connectivity index is 2.06. The van der Waals surface area contributed by atoms with E-state index in [1.54, 1.807) is 18.2 Å². The van der Waals surface area contributed by atoms with E-state index in [2.05, 4.69) is 5.32 Å². The van der Waals surface area contributed by atoms with Crippen LogP contribution in [0.5, 0.6) is 11.5 Å². The van der Waals surface area contributed by atoms with Crippen molar-refractivity contribution in [3.63, 3.8) is 0 Å². The van der Waals surface area contributed by atoms with Crippen molar-refractivity contribution in [3.8, 4) is 11.5 Å². The maximum Gasteiger partial charge on any atom is 0.342 e. The molecule has 9 nitrogen and oxygen atoms in total.